The van der Waals surface area contributed by atoms with Gasteiger partial charge in [-0.2, -0.15) is 0 Å². The fraction of sp³-hybridized carbons (Fsp3) is 0.500. The Morgan fingerprint density at radius 3 is 3.00 bits per heavy atom. The van der Waals surface area contributed by atoms with E-state index >= 15 is 0 Å². The summed E-state index contributed by atoms with van der Waals surface area (Å²) in [7, 11) is 0. The van der Waals surface area contributed by atoms with E-state index in [1.54, 1.807) is 12.4 Å². The molecule has 0 aliphatic rings. The molecule has 0 amide bonds. The first-order chi connectivity index (χ1) is 6.74. The Morgan fingerprint density at radius 1 is 1.57 bits per heavy atom. The van der Waals surface area contributed by atoms with Crippen molar-refractivity contribution >= 4 is 28.9 Å². The number of anilines is 1. The summed E-state index contributed by atoms with van der Waals surface area (Å²) in [5, 5.41) is 4.11. The molecule has 1 rings (SSSR count). The van der Waals surface area contributed by atoms with E-state index in [1.807, 2.05) is 6.07 Å². The average Bonchev–Trinajstić information content (AvgIpc) is 2.20. The molecule has 0 radical (unpaired) electrons. The van der Waals surface area contributed by atoms with Crippen LogP contribution in [-0.2, 0) is 0 Å². The minimum atomic E-state index is 0.239. The van der Waals surface area contributed by atoms with E-state index < -0.39 is 0 Å². The Bertz CT molecular complexity index is 279. The van der Waals surface area contributed by atoms with E-state index in [2.05, 4.69) is 17.2 Å². The zero-order valence-corrected chi connectivity index (χ0v) is 9.65. The van der Waals surface area contributed by atoms with Gasteiger partial charge in [0.15, 0.2) is 0 Å². The van der Waals surface area contributed by atoms with E-state index in [-0.39, 0.29) is 5.38 Å². The second kappa shape index (κ2) is 6.10. The van der Waals surface area contributed by atoms with Crippen LogP contribution < -0.4 is 5.32 Å². The minimum Gasteiger partial charge on any atom is -0.384 e. The number of pyridine rings is 1. The van der Waals surface area contributed by atoms with Crippen molar-refractivity contribution in [2.75, 3.05) is 11.9 Å². The normalized spacial score (nSPS) is 12.5. The predicted octanol–water partition coefficient (Wildman–Crippen LogP) is 3.55. The highest BCUT2D eigenvalue weighted by Gasteiger charge is 2.02. The molecule has 0 fully saturated rings. The van der Waals surface area contributed by atoms with Crippen LogP contribution >= 0.6 is 23.2 Å². The molecule has 1 unspecified atom stereocenters. The molecule has 1 atom stereocenters. The molecule has 0 spiro atoms. The van der Waals surface area contributed by atoms with Gasteiger partial charge in [0.2, 0.25) is 0 Å². The molecule has 4 heteroatoms. The molecule has 2 nitrogen and oxygen atoms in total. The first-order valence-electron chi connectivity index (χ1n) is 4.71. The second-order valence-corrected chi connectivity index (χ2v) is 4.10. The lowest BCUT2D eigenvalue weighted by atomic mass is 10.2. The lowest BCUT2D eigenvalue weighted by Crippen LogP contribution is -2.08. The maximum Gasteiger partial charge on any atom is 0.0820 e. The van der Waals surface area contributed by atoms with Crippen LogP contribution in [0.15, 0.2) is 18.5 Å². The third-order valence-electron chi connectivity index (χ3n) is 1.99. The maximum atomic E-state index is 5.99. The quantitative estimate of drug-likeness (QED) is 0.786. The molecule has 0 saturated heterocycles. The van der Waals surface area contributed by atoms with Gasteiger partial charge >= 0.3 is 0 Å². The number of hydrogen-bond acceptors (Lipinski definition) is 2. The molecular weight excluding hydrogens is 219 g/mol. The van der Waals surface area contributed by atoms with E-state index in [0.29, 0.717) is 5.02 Å². The van der Waals surface area contributed by atoms with Crippen LogP contribution in [0.3, 0.4) is 0 Å². The lowest BCUT2D eigenvalue weighted by molar-refractivity contribution is 0.753. The Hall–Kier alpha value is -0.470. The highest BCUT2D eigenvalue weighted by atomic mass is 35.5. The molecule has 78 valence electrons. The Balaban J connectivity index is 2.35. The molecule has 0 bridgehead atoms. The van der Waals surface area contributed by atoms with Crippen molar-refractivity contribution in [3.8, 4) is 0 Å². The topological polar surface area (TPSA) is 24.9 Å². The van der Waals surface area contributed by atoms with Crippen LogP contribution in [0.1, 0.15) is 19.8 Å². The van der Waals surface area contributed by atoms with E-state index in [1.165, 1.54) is 0 Å². The average molecular weight is 233 g/mol. The van der Waals surface area contributed by atoms with E-state index in [0.717, 1.165) is 25.1 Å². The minimum absolute atomic E-state index is 0.239. The molecule has 1 aromatic heterocycles. The summed E-state index contributed by atoms with van der Waals surface area (Å²) in [4.78, 5) is 3.91. The van der Waals surface area contributed by atoms with Crippen molar-refractivity contribution in [1.29, 1.82) is 0 Å². The number of hydrogen-bond donors (Lipinski definition) is 1. The number of nitrogens with zero attached hydrogens (tertiary/aromatic N) is 1. The van der Waals surface area contributed by atoms with Crippen LogP contribution in [0, 0.1) is 0 Å². The standard InChI is InChI=1S/C10H14Cl2N2/c1-2-8(11)3-6-14-10-4-5-13-7-9(10)12/h4-5,7-8H,2-3,6H2,1H3,(H,13,14). The van der Waals surface area contributed by atoms with Gasteiger partial charge in [-0.1, -0.05) is 18.5 Å². The molecule has 1 heterocycles. The summed E-state index contributed by atoms with van der Waals surface area (Å²) in [6.45, 7) is 2.92. The lowest BCUT2D eigenvalue weighted by Gasteiger charge is -2.09. The number of alkyl halides is 1. The van der Waals surface area contributed by atoms with Crippen molar-refractivity contribution < 1.29 is 0 Å². The summed E-state index contributed by atoms with van der Waals surface area (Å²) in [6, 6.07) is 1.86. The summed E-state index contributed by atoms with van der Waals surface area (Å²) in [5.74, 6) is 0. The number of rotatable bonds is 5. The van der Waals surface area contributed by atoms with Gasteiger partial charge < -0.3 is 5.32 Å². The van der Waals surface area contributed by atoms with Crippen LogP contribution in [0.4, 0.5) is 5.69 Å². The second-order valence-electron chi connectivity index (χ2n) is 3.08. The van der Waals surface area contributed by atoms with Gasteiger partial charge in [0.1, 0.15) is 0 Å². The van der Waals surface area contributed by atoms with E-state index in [4.69, 9.17) is 23.2 Å². The van der Waals surface area contributed by atoms with Crippen molar-refractivity contribution in [1.82, 2.24) is 4.98 Å². The van der Waals surface area contributed by atoms with Crippen LogP contribution in [0.2, 0.25) is 5.02 Å². The van der Waals surface area contributed by atoms with Crippen LogP contribution in [0.25, 0.3) is 0 Å². The summed E-state index contributed by atoms with van der Waals surface area (Å²) in [5.41, 5.74) is 0.918. The largest absolute Gasteiger partial charge is 0.384 e. The third kappa shape index (κ3) is 3.72. The Kier molecular flexibility index (Phi) is 5.05. The fourth-order valence-electron chi connectivity index (χ4n) is 1.09. The zero-order valence-electron chi connectivity index (χ0n) is 8.13. The molecule has 0 aromatic carbocycles. The van der Waals surface area contributed by atoms with Gasteiger partial charge in [-0.25, -0.2) is 0 Å². The molecule has 0 aliphatic heterocycles. The van der Waals surface area contributed by atoms with Crippen molar-refractivity contribution in [2.45, 2.75) is 25.1 Å². The molecule has 14 heavy (non-hydrogen) atoms. The van der Waals surface area contributed by atoms with Gasteiger partial charge in [-0.3, -0.25) is 4.98 Å². The third-order valence-corrected chi connectivity index (χ3v) is 2.82. The van der Waals surface area contributed by atoms with Gasteiger partial charge in [0.25, 0.3) is 0 Å². The maximum absolute atomic E-state index is 5.99. The summed E-state index contributed by atoms with van der Waals surface area (Å²) in [6.07, 6.45) is 5.28. The van der Waals surface area contributed by atoms with Gasteiger partial charge in [-0.15, -0.1) is 11.6 Å². The number of halogens is 2. The van der Waals surface area contributed by atoms with Gasteiger partial charge in [-0.05, 0) is 18.9 Å². The van der Waals surface area contributed by atoms with Crippen LogP contribution in [0.5, 0.6) is 0 Å². The molecule has 1 N–H and O–H groups in total. The van der Waals surface area contributed by atoms with Crippen molar-refractivity contribution in [2.24, 2.45) is 0 Å². The number of aromatic nitrogens is 1. The van der Waals surface area contributed by atoms with E-state index in [9.17, 15) is 0 Å². The zero-order chi connectivity index (χ0) is 10.4. The predicted molar refractivity (Wildman–Crippen MR) is 62.3 cm³/mol. The first kappa shape index (κ1) is 11.6. The molecular formula is C10H14Cl2N2. The molecule has 1 aromatic rings. The SMILES string of the molecule is CCC(Cl)CCNc1ccncc1Cl. The first-order valence-corrected chi connectivity index (χ1v) is 5.53. The fourth-order valence-corrected chi connectivity index (χ4v) is 1.38. The molecule has 0 saturated carbocycles. The van der Waals surface area contributed by atoms with Crippen LogP contribution in [-0.4, -0.2) is 16.9 Å². The van der Waals surface area contributed by atoms with Gasteiger partial charge in [0.05, 0.1) is 10.7 Å². The monoisotopic (exact) mass is 232 g/mol. The van der Waals surface area contributed by atoms with Gasteiger partial charge in [0, 0.05) is 24.3 Å². The number of nitrogens with one attached hydrogen (secondary N) is 1. The smallest absolute Gasteiger partial charge is 0.0820 e. The Morgan fingerprint density at radius 2 is 2.36 bits per heavy atom. The Labute approximate surface area is 94.6 Å². The highest BCUT2D eigenvalue weighted by Crippen LogP contribution is 2.19. The highest BCUT2D eigenvalue weighted by molar-refractivity contribution is 6.33. The van der Waals surface area contributed by atoms with Crippen molar-refractivity contribution in [3.05, 3.63) is 23.5 Å². The molecule has 0 aliphatic carbocycles. The summed E-state index contributed by atoms with van der Waals surface area (Å²) < 4.78 is 0. The van der Waals surface area contributed by atoms with Crippen molar-refractivity contribution in [3.63, 3.8) is 0 Å². The summed E-state index contributed by atoms with van der Waals surface area (Å²) >= 11 is 11.9.